The average molecular weight is 409 g/mol. The maximum Gasteiger partial charge on any atom is 0.328 e. The SMILES string of the molecule is C=C(C)CN1N=C(C)CN2C3C(=O)N(C/C=C/c4ccccc4)C(=O)N(C)C3NC12. The fourth-order valence-corrected chi connectivity index (χ4v) is 4.27. The van der Waals surface area contributed by atoms with Gasteiger partial charge in [0.2, 0.25) is 0 Å². The van der Waals surface area contributed by atoms with E-state index in [1.807, 2.05) is 61.3 Å². The molecule has 3 aliphatic heterocycles. The Labute approximate surface area is 177 Å². The number of amides is 3. The number of imide groups is 1. The van der Waals surface area contributed by atoms with E-state index in [0.29, 0.717) is 13.1 Å². The lowest BCUT2D eigenvalue weighted by Crippen LogP contribution is -2.66. The molecule has 0 spiro atoms. The van der Waals surface area contributed by atoms with E-state index >= 15 is 0 Å². The number of fused-ring (bicyclic) bond motifs is 3. The van der Waals surface area contributed by atoms with Crippen molar-refractivity contribution >= 4 is 23.7 Å². The zero-order valence-corrected chi connectivity index (χ0v) is 17.7. The Bertz CT molecular complexity index is 911. The quantitative estimate of drug-likeness (QED) is 0.752. The second kappa shape index (κ2) is 8.04. The van der Waals surface area contributed by atoms with E-state index in [1.165, 1.54) is 4.90 Å². The second-order valence-corrected chi connectivity index (χ2v) is 8.15. The molecule has 158 valence electrons. The molecule has 3 amide bonds. The summed E-state index contributed by atoms with van der Waals surface area (Å²) in [7, 11) is 1.74. The van der Waals surface area contributed by atoms with Crippen LogP contribution in [0, 0.1) is 0 Å². The first kappa shape index (κ1) is 20.3. The number of carbonyl (C=O) groups excluding carboxylic acids is 2. The van der Waals surface area contributed by atoms with Crippen molar-refractivity contribution in [3.63, 3.8) is 0 Å². The zero-order valence-electron chi connectivity index (χ0n) is 17.7. The van der Waals surface area contributed by atoms with Crippen molar-refractivity contribution in [3.8, 4) is 0 Å². The number of carbonyl (C=O) groups is 2. The Morgan fingerprint density at radius 2 is 2.03 bits per heavy atom. The van der Waals surface area contributed by atoms with E-state index in [9.17, 15) is 9.59 Å². The van der Waals surface area contributed by atoms with Gasteiger partial charge in [0.05, 0.1) is 6.54 Å². The summed E-state index contributed by atoms with van der Waals surface area (Å²) < 4.78 is 0. The smallest absolute Gasteiger partial charge is 0.310 e. The highest BCUT2D eigenvalue weighted by molar-refractivity contribution is 6.01. The van der Waals surface area contributed by atoms with Crippen LogP contribution in [0.25, 0.3) is 6.08 Å². The normalized spacial score (nSPS) is 26.8. The van der Waals surface area contributed by atoms with E-state index in [-0.39, 0.29) is 24.8 Å². The van der Waals surface area contributed by atoms with Gasteiger partial charge in [-0.25, -0.2) is 9.69 Å². The van der Waals surface area contributed by atoms with Crippen LogP contribution in [0.1, 0.15) is 19.4 Å². The summed E-state index contributed by atoms with van der Waals surface area (Å²) in [6, 6.07) is 9.07. The largest absolute Gasteiger partial charge is 0.328 e. The summed E-state index contributed by atoms with van der Waals surface area (Å²) in [6.45, 7) is 9.29. The third kappa shape index (κ3) is 3.64. The first-order valence-corrected chi connectivity index (χ1v) is 10.1. The molecule has 3 atom stereocenters. The Kier molecular flexibility index (Phi) is 5.44. The molecule has 8 nitrogen and oxygen atoms in total. The van der Waals surface area contributed by atoms with Crippen LogP contribution in [-0.4, -0.2) is 82.5 Å². The van der Waals surface area contributed by atoms with Crippen LogP contribution in [0.4, 0.5) is 4.79 Å². The zero-order chi connectivity index (χ0) is 21.4. The molecular weight excluding hydrogens is 380 g/mol. The standard InChI is InChI=1S/C22H28N6O2/c1-15(2)13-28-21-23-19-18(27(21)14-16(3)24-28)20(29)26(22(30)25(19)4)12-8-11-17-9-6-5-7-10-17/h5-11,18-19,21,23H,1,12-14H2,2-4H3/b11-8+. The molecule has 0 radical (unpaired) electrons. The van der Waals surface area contributed by atoms with Crippen LogP contribution in [0.5, 0.6) is 0 Å². The third-order valence-corrected chi connectivity index (χ3v) is 5.58. The molecule has 0 bridgehead atoms. The highest BCUT2D eigenvalue weighted by atomic mass is 16.2. The van der Waals surface area contributed by atoms with Gasteiger partial charge in [-0.15, -0.1) is 0 Å². The van der Waals surface area contributed by atoms with Gasteiger partial charge in [-0.2, -0.15) is 5.10 Å². The molecule has 0 saturated carbocycles. The summed E-state index contributed by atoms with van der Waals surface area (Å²) in [5.74, 6) is -0.180. The number of nitrogens with zero attached hydrogens (tertiary/aromatic N) is 5. The van der Waals surface area contributed by atoms with Crippen molar-refractivity contribution < 1.29 is 9.59 Å². The number of hydrogen-bond donors (Lipinski definition) is 1. The molecule has 2 saturated heterocycles. The summed E-state index contributed by atoms with van der Waals surface area (Å²) in [5.41, 5.74) is 2.94. The van der Waals surface area contributed by atoms with Gasteiger partial charge in [0.15, 0.2) is 6.29 Å². The monoisotopic (exact) mass is 408 g/mol. The van der Waals surface area contributed by atoms with E-state index in [1.54, 1.807) is 11.9 Å². The van der Waals surface area contributed by atoms with Crippen molar-refractivity contribution in [2.75, 3.05) is 26.7 Å². The lowest BCUT2D eigenvalue weighted by Gasteiger charge is -2.42. The molecular formula is C22H28N6O2. The molecule has 1 aromatic carbocycles. The molecule has 3 unspecified atom stereocenters. The number of hydrogen-bond acceptors (Lipinski definition) is 6. The van der Waals surface area contributed by atoms with E-state index < -0.39 is 12.2 Å². The van der Waals surface area contributed by atoms with Gasteiger partial charge >= 0.3 is 6.03 Å². The van der Waals surface area contributed by atoms with Crippen LogP contribution in [0.3, 0.4) is 0 Å². The first-order chi connectivity index (χ1) is 14.4. The van der Waals surface area contributed by atoms with Gasteiger partial charge < -0.3 is 4.90 Å². The number of benzene rings is 1. The van der Waals surface area contributed by atoms with Gasteiger partial charge in [0.25, 0.3) is 5.91 Å². The lowest BCUT2D eigenvalue weighted by molar-refractivity contribution is -0.138. The summed E-state index contributed by atoms with van der Waals surface area (Å²) >= 11 is 0. The predicted molar refractivity (Wildman–Crippen MR) is 116 cm³/mol. The molecule has 8 heteroatoms. The number of likely N-dealkylation sites (N-methyl/N-ethyl adjacent to an activating group) is 1. The van der Waals surface area contributed by atoms with Crippen molar-refractivity contribution in [1.29, 1.82) is 0 Å². The Hall–Kier alpha value is -2.97. The minimum Gasteiger partial charge on any atom is -0.310 e. The lowest BCUT2D eigenvalue weighted by atomic mass is 10.1. The maximum atomic E-state index is 13.4. The van der Waals surface area contributed by atoms with Crippen LogP contribution in [-0.2, 0) is 4.79 Å². The second-order valence-electron chi connectivity index (χ2n) is 8.15. The summed E-state index contributed by atoms with van der Waals surface area (Å²) in [6.07, 6.45) is 3.14. The van der Waals surface area contributed by atoms with Gasteiger partial charge in [-0.1, -0.05) is 54.6 Å². The fraction of sp³-hybridized carbons (Fsp3) is 0.409. The third-order valence-electron chi connectivity index (χ3n) is 5.58. The van der Waals surface area contributed by atoms with Crippen LogP contribution < -0.4 is 5.32 Å². The highest BCUT2D eigenvalue weighted by Gasteiger charge is 2.56. The maximum absolute atomic E-state index is 13.4. The molecule has 1 N–H and O–H groups in total. The average Bonchev–Trinajstić information content (AvgIpc) is 3.09. The molecule has 0 aliphatic carbocycles. The topological polar surface area (TPSA) is 71.5 Å². The number of rotatable bonds is 5. The van der Waals surface area contributed by atoms with Crippen molar-refractivity contribution in [3.05, 3.63) is 54.1 Å². The number of hydrazone groups is 1. The van der Waals surface area contributed by atoms with Crippen molar-refractivity contribution in [1.82, 2.24) is 25.0 Å². The summed E-state index contributed by atoms with van der Waals surface area (Å²) in [4.78, 5) is 31.4. The van der Waals surface area contributed by atoms with E-state index in [4.69, 9.17) is 0 Å². The number of urea groups is 1. The molecule has 2 fully saturated rings. The van der Waals surface area contributed by atoms with Crippen molar-refractivity contribution in [2.24, 2.45) is 5.10 Å². The Balaban J connectivity index is 1.55. The van der Waals surface area contributed by atoms with Gasteiger partial charge in [-0.05, 0) is 19.4 Å². The van der Waals surface area contributed by atoms with Gasteiger partial charge in [0.1, 0.15) is 12.2 Å². The number of nitrogens with one attached hydrogen (secondary N) is 1. The molecule has 1 aromatic rings. The minimum absolute atomic E-state index is 0.180. The van der Waals surface area contributed by atoms with Crippen LogP contribution in [0.2, 0.25) is 0 Å². The highest BCUT2D eigenvalue weighted by Crippen LogP contribution is 2.30. The Morgan fingerprint density at radius 3 is 2.73 bits per heavy atom. The van der Waals surface area contributed by atoms with Crippen LogP contribution >= 0.6 is 0 Å². The van der Waals surface area contributed by atoms with Crippen LogP contribution in [0.15, 0.2) is 53.7 Å². The van der Waals surface area contributed by atoms with Crippen molar-refractivity contribution in [2.45, 2.75) is 32.3 Å². The molecule has 30 heavy (non-hydrogen) atoms. The van der Waals surface area contributed by atoms with Gasteiger partial charge in [-0.3, -0.25) is 20.0 Å². The fourth-order valence-electron chi connectivity index (χ4n) is 4.27. The first-order valence-electron chi connectivity index (χ1n) is 10.1. The molecule has 3 heterocycles. The minimum atomic E-state index is -0.458. The Morgan fingerprint density at radius 1 is 1.30 bits per heavy atom. The van der Waals surface area contributed by atoms with E-state index in [2.05, 4.69) is 21.9 Å². The predicted octanol–water partition coefficient (Wildman–Crippen LogP) is 1.74. The van der Waals surface area contributed by atoms with E-state index in [0.717, 1.165) is 16.8 Å². The molecule has 4 rings (SSSR count). The van der Waals surface area contributed by atoms with Gasteiger partial charge in [0, 0.05) is 25.8 Å². The molecule has 0 aromatic heterocycles. The molecule has 3 aliphatic rings. The summed E-state index contributed by atoms with van der Waals surface area (Å²) in [5, 5.41) is 9.97.